The Bertz CT molecular complexity index is 846. The van der Waals surface area contributed by atoms with Crippen molar-refractivity contribution in [3.63, 3.8) is 0 Å². The molecule has 0 fully saturated rings. The van der Waals surface area contributed by atoms with E-state index in [2.05, 4.69) is 129 Å². The normalized spacial score (nSPS) is 13.3. The van der Waals surface area contributed by atoms with Crippen molar-refractivity contribution >= 4 is 34.6 Å². The third kappa shape index (κ3) is 4.74. The number of alkyl halides is 1. The Morgan fingerprint density at radius 3 is 1.69 bits per heavy atom. The maximum absolute atomic E-state index is 7.07. The number of hydrogen-bond acceptors (Lipinski definition) is 1. The molecule has 0 unspecified atom stereocenters. The topological polar surface area (TPSA) is 9.23 Å². The molecule has 0 N–H and O–H groups in total. The summed E-state index contributed by atoms with van der Waals surface area (Å²) in [6, 6.07) is 30.6. The molecule has 1 atom stereocenters. The van der Waals surface area contributed by atoms with Gasteiger partial charge in [-0.1, -0.05) is 129 Å². The molecule has 0 heterocycles. The molecule has 3 heteroatoms. The van der Waals surface area contributed by atoms with E-state index >= 15 is 0 Å². The Morgan fingerprint density at radius 2 is 1.28 bits per heavy atom. The molecule has 0 aromatic heterocycles. The van der Waals surface area contributed by atoms with Gasteiger partial charge >= 0.3 is 0 Å². The summed E-state index contributed by atoms with van der Waals surface area (Å²) in [6.45, 7) is 9.96. The zero-order valence-electron chi connectivity index (χ0n) is 17.9. The standard InChI is InChI=1S/C26H31BrOSi/c1-21(23-17-15-22(19-27)16-18-23)20-28-29(26(2,3)4,24-11-7-5-8-12-24)25-13-9-6-10-14-25/h5-18,21H,19-20H2,1-4H3/t21-/m1/s1. The number of hydrogen-bond donors (Lipinski definition) is 0. The lowest BCUT2D eigenvalue weighted by atomic mass is 10.0. The fourth-order valence-electron chi connectivity index (χ4n) is 4.04. The van der Waals surface area contributed by atoms with Crippen molar-refractivity contribution in [2.45, 2.75) is 44.0 Å². The van der Waals surface area contributed by atoms with Gasteiger partial charge in [-0.05, 0) is 26.5 Å². The van der Waals surface area contributed by atoms with Gasteiger partial charge in [-0.15, -0.1) is 0 Å². The van der Waals surface area contributed by atoms with Gasteiger partial charge in [0.15, 0.2) is 0 Å². The van der Waals surface area contributed by atoms with E-state index in [1.54, 1.807) is 0 Å². The summed E-state index contributed by atoms with van der Waals surface area (Å²) in [4.78, 5) is 0. The predicted molar refractivity (Wildman–Crippen MR) is 131 cm³/mol. The van der Waals surface area contributed by atoms with Crippen LogP contribution >= 0.6 is 15.9 Å². The molecule has 1 nitrogen and oxygen atoms in total. The van der Waals surface area contributed by atoms with Crippen LogP contribution < -0.4 is 10.4 Å². The van der Waals surface area contributed by atoms with E-state index in [0.717, 1.165) is 5.33 Å². The molecule has 0 amide bonds. The molecule has 3 aromatic rings. The molecule has 0 saturated carbocycles. The zero-order valence-corrected chi connectivity index (χ0v) is 20.4. The van der Waals surface area contributed by atoms with Crippen LogP contribution in [0.15, 0.2) is 84.9 Å². The fourth-order valence-corrected chi connectivity index (χ4v) is 9.07. The van der Waals surface area contributed by atoms with Crippen LogP contribution in [0, 0.1) is 0 Å². The third-order valence-corrected chi connectivity index (χ3v) is 11.3. The Hall–Kier alpha value is -1.68. The van der Waals surface area contributed by atoms with Crippen molar-refractivity contribution in [3.8, 4) is 0 Å². The minimum absolute atomic E-state index is 0.00917. The smallest absolute Gasteiger partial charge is 0.261 e. The first-order valence-electron chi connectivity index (χ1n) is 10.3. The maximum atomic E-state index is 7.07. The average molecular weight is 468 g/mol. The van der Waals surface area contributed by atoms with E-state index in [9.17, 15) is 0 Å². The Balaban J connectivity index is 1.99. The zero-order chi connectivity index (χ0) is 20.9. The first-order chi connectivity index (χ1) is 13.9. The van der Waals surface area contributed by atoms with Crippen LogP contribution in [0.3, 0.4) is 0 Å². The van der Waals surface area contributed by atoms with E-state index in [-0.39, 0.29) is 5.04 Å². The molecule has 152 valence electrons. The molecular weight excluding hydrogens is 436 g/mol. The van der Waals surface area contributed by atoms with Gasteiger partial charge in [-0.25, -0.2) is 0 Å². The third-order valence-electron chi connectivity index (χ3n) is 5.67. The van der Waals surface area contributed by atoms with Crippen molar-refractivity contribution in [2.75, 3.05) is 6.61 Å². The lowest BCUT2D eigenvalue weighted by molar-refractivity contribution is 0.278. The predicted octanol–water partition coefficient (Wildman–Crippen LogP) is 6.26. The highest BCUT2D eigenvalue weighted by atomic mass is 79.9. The monoisotopic (exact) mass is 466 g/mol. The number of halogens is 1. The second-order valence-electron chi connectivity index (χ2n) is 8.75. The SMILES string of the molecule is C[C@H](CO[Si](c1ccccc1)(c1ccccc1)C(C)(C)C)c1ccc(CBr)cc1. The summed E-state index contributed by atoms with van der Waals surface area (Å²) in [5, 5.41) is 3.57. The van der Waals surface area contributed by atoms with Crippen molar-refractivity contribution in [2.24, 2.45) is 0 Å². The summed E-state index contributed by atoms with van der Waals surface area (Å²) in [5.74, 6) is 0.334. The molecule has 0 bridgehead atoms. The summed E-state index contributed by atoms with van der Waals surface area (Å²) in [5.41, 5.74) is 2.63. The highest BCUT2D eigenvalue weighted by Gasteiger charge is 2.50. The van der Waals surface area contributed by atoms with Crippen molar-refractivity contribution in [3.05, 3.63) is 96.1 Å². The van der Waals surface area contributed by atoms with Gasteiger partial charge in [0, 0.05) is 17.9 Å². The number of rotatable bonds is 7. The Kier molecular flexibility index (Phi) is 7.15. The highest BCUT2D eigenvalue weighted by Crippen LogP contribution is 2.37. The van der Waals surface area contributed by atoms with Gasteiger partial charge in [-0.3, -0.25) is 0 Å². The Morgan fingerprint density at radius 1 is 0.793 bits per heavy atom. The molecule has 0 aliphatic carbocycles. The van der Waals surface area contributed by atoms with Crippen molar-refractivity contribution < 1.29 is 4.43 Å². The van der Waals surface area contributed by atoms with Gasteiger partial charge < -0.3 is 4.43 Å². The van der Waals surface area contributed by atoms with E-state index in [0.29, 0.717) is 12.5 Å². The molecular formula is C26H31BrOSi. The van der Waals surface area contributed by atoms with Crippen molar-refractivity contribution in [1.29, 1.82) is 0 Å². The van der Waals surface area contributed by atoms with Gasteiger partial charge in [-0.2, -0.15) is 0 Å². The molecule has 0 aliphatic rings. The van der Waals surface area contributed by atoms with Crippen LogP contribution in [0.2, 0.25) is 5.04 Å². The number of benzene rings is 3. The summed E-state index contributed by atoms with van der Waals surface area (Å²) in [7, 11) is -2.47. The van der Waals surface area contributed by atoms with E-state index in [1.807, 2.05) is 0 Å². The first kappa shape index (κ1) is 22.0. The minimum atomic E-state index is -2.47. The second kappa shape index (κ2) is 9.42. The lowest BCUT2D eigenvalue weighted by Crippen LogP contribution is -2.66. The van der Waals surface area contributed by atoms with Crippen LogP contribution in [0.1, 0.15) is 44.7 Å². The molecule has 0 aliphatic heterocycles. The van der Waals surface area contributed by atoms with Crippen LogP contribution in [0.5, 0.6) is 0 Å². The average Bonchev–Trinajstić information content (AvgIpc) is 2.74. The van der Waals surface area contributed by atoms with Gasteiger partial charge in [0.1, 0.15) is 0 Å². The fraction of sp³-hybridized carbons (Fsp3) is 0.308. The summed E-state index contributed by atoms with van der Waals surface area (Å²) in [6.07, 6.45) is 0. The molecule has 3 aromatic carbocycles. The van der Waals surface area contributed by atoms with Crippen LogP contribution in [-0.2, 0) is 9.76 Å². The van der Waals surface area contributed by atoms with E-state index in [1.165, 1.54) is 21.5 Å². The van der Waals surface area contributed by atoms with Gasteiger partial charge in [0.05, 0.1) is 0 Å². The van der Waals surface area contributed by atoms with Gasteiger partial charge in [0.2, 0.25) is 0 Å². The Labute approximate surface area is 185 Å². The molecule has 29 heavy (non-hydrogen) atoms. The van der Waals surface area contributed by atoms with Crippen LogP contribution in [0.25, 0.3) is 0 Å². The molecule has 0 spiro atoms. The van der Waals surface area contributed by atoms with E-state index < -0.39 is 8.32 Å². The maximum Gasteiger partial charge on any atom is 0.261 e. The molecule has 0 radical (unpaired) electrons. The first-order valence-corrected chi connectivity index (χ1v) is 13.3. The summed E-state index contributed by atoms with van der Waals surface area (Å²) < 4.78 is 7.07. The highest BCUT2D eigenvalue weighted by molar-refractivity contribution is 9.08. The van der Waals surface area contributed by atoms with Crippen LogP contribution in [0.4, 0.5) is 0 Å². The lowest BCUT2D eigenvalue weighted by Gasteiger charge is -2.43. The minimum Gasteiger partial charge on any atom is -0.407 e. The van der Waals surface area contributed by atoms with E-state index in [4.69, 9.17) is 4.43 Å². The largest absolute Gasteiger partial charge is 0.407 e. The molecule has 0 saturated heterocycles. The molecule has 3 rings (SSSR count). The van der Waals surface area contributed by atoms with Crippen molar-refractivity contribution in [1.82, 2.24) is 0 Å². The quantitative estimate of drug-likeness (QED) is 0.294. The summed E-state index contributed by atoms with van der Waals surface area (Å²) >= 11 is 3.53. The van der Waals surface area contributed by atoms with Gasteiger partial charge in [0.25, 0.3) is 8.32 Å². The second-order valence-corrected chi connectivity index (χ2v) is 13.6. The van der Waals surface area contributed by atoms with Crippen LogP contribution in [-0.4, -0.2) is 14.9 Å².